The first kappa shape index (κ1) is 22.2. The summed E-state index contributed by atoms with van der Waals surface area (Å²) in [5.74, 6) is 0.195. The van der Waals surface area contributed by atoms with Crippen molar-refractivity contribution in [1.29, 1.82) is 0 Å². The highest BCUT2D eigenvalue weighted by atomic mass is 32.1. The molecule has 160 valence electrons. The number of thiophene rings is 1. The lowest BCUT2D eigenvalue weighted by atomic mass is 10.0. The predicted molar refractivity (Wildman–Crippen MR) is 119 cm³/mol. The van der Waals surface area contributed by atoms with Gasteiger partial charge >= 0.3 is 0 Å². The van der Waals surface area contributed by atoms with E-state index in [1.54, 1.807) is 6.07 Å². The molecule has 0 bridgehead atoms. The van der Waals surface area contributed by atoms with Crippen LogP contribution >= 0.6 is 11.3 Å². The van der Waals surface area contributed by atoms with Gasteiger partial charge in [-0.3, -0.25) is 19.7 Å². The normalized spacial score (nSPS) is 10.5. The third-order valence-corrected chi connectivity index (χ3v) is 5.72. The predicted octanol–water partition coefficient (Wildman–Crippen LogP) is 4.19. The molecule has 3 rings (SSSR count). The molecule has 1 aromatic heterocycles. The number of hydrogen-bond donors (Lipinski definition) is 1. The molecule has 0 radical (unpaired) electrons. The number of rotatable bonds is 10. The van der Waals surface area contributed by atoms with Gasteiger partial charge in [0.05, 0.1) is 9.80 Å². The van der Waals surface area contributed by atoms with Gasteiger partial charge in [0, 0.05) is 42.5 Å². The van der Waals surface area contributed by atoms with Crippen LogP contribution in [0.2, 0.25) is 0 Å². The summed E-state index contributed by atoms with van der Waals surface area (Å²) in [4.78, 5) is 35.8. The molecule has 0 atom stereocenters. The van der Waals surface area contributed by atoms with Crippen LogP contribution in [0.1, 0.15) is 32.6 Å². The van der Waals surface area contributed by atoms with Crippen molar-refractivity contribution in [1.82, 2.24) is 5.32 Å². The molecular formula is C23H22N2O5S. The second kappa shape index (κ2) is 10.5. The SMILES string of the molecule is CC(=O)NCCc1ccc(C(=O)COc2ccc([N+](=O)[O-])cc2Cc2ccccc2)s1. The first-order valence-electron chi connectivity index (χ1n) is 9.73. The smallest absolute Gasteiger partial charge is 0.269 e. The average molecular weight is 439 g/mol. The average Bonchev–Trinajstić information content (AvgIpc) is 3.22. The van der Waals surface area contributed by atoms with Crippen LogP contribution in [0, 0.1) is 10.1 Å². The van der Waals surface area contributed by atoms with Gasteiger partial charge in [-0.2, -0.15) is 0 Å². The van der Waals surface area contributed by atoms with Gasteiger partial charge in [0.2, 0.25) is 11.7 Å². The summed E-state index contributed by atoms with van der Waals surface area (Å²) >= 11 is 1.37. The number of hydrogen-bond acceptors (Lipinski definition) is 6. The van der Waals surface area contributed by atoms with E-state index in [1.165, 1.54) is 36.5 Å². The molecule has 0 aliphatic heterocycles. The van der Waals surface area contributed by atoms with E-state index in [0.717, 1.165) is 10.4 Å². The summed E-state index contributed by atoms with van der Waals surface area (Å²) in [6.45, 7) is 1.82. The number of nitro groups is 1. The fourth-order valence-electron chi connectivity index (χ4n) is 3.01. The Labute approximate surface area is 183 Å². The number of non-ortho nitro benzene ring substituents is 1. The van der Waals surface area contributed by atoms with Crippen molar-refractivity contribution < 1.29 is 19.2 Å². The van der Waals surface area contributed by atoms with Crippen molar-refractivity contribution in [3.63, 3.8) is 0 Å². The summed E-state index contributed by atoms with van der Waals surface area (Å²) in [5.41, 5.74) is 1.61. The molecule has 8 heteroatoms. The quantitative estimate of drug-likeness (QED) is 0.291. The molecule has 3 aromatic rings. The van der Waals surface area contributed by atoms with Crippen molar-refractivity contribution in [2.75, 3.05) is 13.2 Å². The van der Waals surface area contributed by atoms with Crippen molar-refractivity contribution in [3.05, 3.63) is 91.7 Å². The Morgan fingerprint density at radius 1 is 1.10 bits per heavy atom. The Morgan fingerprint density at radius 3 is 2.58 bits per heavy atom. The van der Waals surface area contributed by atoms with Gasteiger partial charge in [0.25, 0.3) is 5.69 Å². The molecule has 0 saturated carbocycles. The van der Waals surface area contributed by atoms with Crippen LogP contribution in [0.15, 0.2) is 60.7 Å². The maximum absolute atomic E-state index is 12.6. The summed E-state index contributed by atoms with van der Waals surface area (Å²) in [6, 6.07) is 17.6. The molecule has 31 heavy (non-hydrogen) atoms. The highest BCUT2D eigenvalue weighted by molar-refractivity contribution is 7.14. The number of nitrogens with one attached hydrogen (secondary N) is 1. The summed E-state index contributed by atoms with van der Waals surface area (Å²) < 4.78 is 5.76. The van der Waals surface area contributed by atoms with E-state index < -0.39 is 4.92 Å². The third-order valence-electron chi connectivity index (χ3n) is 4.53. The van der Waals surface area contributed by atoms with Crippen molar-refractivity contribution in [3.8, 4) is 5.75 Å². The lowest BCUT2D eigenvalue weighted by Crippen LogP contribution is -2.22. The molecule has 2 aromatic carbocycles. The van der Waals surface area contributed by atoms with Crippen LogP contribution in [0.5, 0.6) is 5.75 Å². The van der Waals surface area contributed by atoms with Crippen LogP contribution in [0.4, 0.5) is 5.69 Å². The Bertz CT molecular complexity index is 1080. The summed E-state index contributed by atoms with van der Waals surface area (Å²) in [5, 5.41) is 13.9. The number of nitrogens with zero attached hydrogens (tertiary/aromatic N) is 1. The zero-order chi connectivity index (χ0) is 22.2. The second-order valence-corrected chi connectivity index (χ2v) is 8.09. The van der Waals surface area contributed by atoms with E-state index in [2.05, 4.69) is 5.32 Å². The van der Waals surface area contributed by atoms with E-state index in [4.69, 9.17) is 4.74 Å². The van der Waals surface area contributed by atoms with Gasteiger partial charge in [-0.1, -0.05) is 30.3 Å². The summed E-state index contributed by atoms with van der Waals surface area (Å²) in [6.07, 6.45) is 1.11. The number of Topliss-reactive ketones (excluding diaryl/α,β-unsaturated/α-hetero) is 1. The van der Waals surface area contributed by atoms with Gasteiger partial charge < -0.3 is 10.1 Å². The van der Waals surface area contributed by atoms with Gasteiger partial charge in [-0.15, -0.1) is 11.3 Å². The highest BCUT2D eigenvalue weighted by Gasteiger charge is 2.15. The topological polar surface area (TPSA) is 98.5 Å². The maximum Gasteiger partial charge on any atom is 0.269 e. The fourth-order valence-corrected chi connectivity index (χ4v) is 3.94. The molecule has 1 amide bonds. The van der Waals surface area contributed by atoms with Gasteiger partial charge in [-0.05, 0) is 30.2 Å². The minimum absolute atomic E-state index is 0.0216. The van der Waals surface area contributed by atoms with Crippen LogP contribution in [0.25, 0.3) is 0 Å². The molecule has 0 unspecified atom stereocenters. The molecule has 0 aliphatic carbocycles. The molecule has 1 N–H and O–H groups in total. The zero-order valence-electron chi connectivity index (χ0n) is 17.0. The van der Waals surface area contributed by atoms with Crippen LogP contribution < -0.4 is 10.1 Å². The number of amides is 1. The standard InChI is InChI=1S/C23H22N2O5S/c1-16(26)24-12-11-20-8-10-23(31-20)21(27)15-30-22-9-7-19(25(28)29)14-18(22)13-17-5-3-2-4-6-17/h2-10,14H,11-13,15H2,1H3,(H,24,26). The van der Waals surface area contributed by atoms with Crippen LogP contribution in [-0.2, 0) is 17.6 Å². The number of carbonyl (C=O) groups excluding carboxylic acids is 2. The minimum atomic E-state index is -0.447. The first-order valence-corrected chi connectivity index (χ1v) is 10.5. The number of carbonyl (C=O) groups is 2. The van der Waals surface area contributed by atoms with Gasteiger partial charge in [-0.25, -0.2) is 0 Å². The Hall–Kier alpha value is -3.52. The van der Waals surface area contributed by atoms with Gasteiger partial charge in [0.1, 0.15) is 5.75 Å². The number of ketones is 1. The monoisotopic (exact) mass is 438 g/mol. The maximum atomic E-state index is 12.6. The molecule has 0 fully saturated rings. The van der Waals surface area contributed by atoms with E-state index in [9.17, 15) is 19.7 Å². The Morgan fingerprint density at radius 2 is 1.87 bits per heavy atom. The molecular weight excluding hydrogens is 416 g/mol. The molecule has 0 saturated heterocycles. The zero-order valence-corrected chi connectivity index (χ0v) is 17.8. The second-order valence-electron chi connectivity index (χ2n) is 6.92. The van der Waals surface area contributed by atoms with E-state index in [1.807, 2.05) is 36.4 Å². The van der Waals surface area contributed by atoms with Crippen molar-refractivity contribution in [2.45, 2.75) is 19.8 Å². The Kier molecular flexibility index (Phi) is 7.50. The minimum Gasteiger partial charge on any atom is -0.485 e. The lowest BCUT2D eigenvalue weighted by Gasteiger charge is -2.11. The van der Waals surface area contributed by atoms with Gasteiger partial charge in [0.15, 0.2) is 6.61 Å². The van der Waals surface area contributed by atoms with E-state index >= 15 is 0 Å². The third kappa shape index (κ3) is 6.48. The molecule has 0 spiro atoms. The summed E-state index contributed by atoms with van der Waals surface area (Å²) in [7, 11) is 0. The van der Waals surface area contributed by atoms with Crippen molar-refractivity contribution >= 4 is 28.7 Å². The largest absolute Gasteiger partial charge is 0.485 e. The van der Waals surface area contributed by atoms with Crippen LogP contribution in [0.3, 0.4) is 0 Å². The van der Waals surface area contributed by atoms with Crippen LogP contribution in [-0.4, -0.2) is 29.8 Å². The molecule has 1 heterocycles. The van der Waals surface area contributed by atoms with Crippen molar-refractivity contribution in [2.24, 2.45) is 0 Å². The first-order chi connectivity index (χ1) is 14.9. The van der Waals surface area contributed by atoms with E-state index in [0.29, 0.717) is 35.6 Å². The highest BCUT2D eigenvalue weighted by Crippen LogP contribution is 2.27. The molecule has 0 aliphatic rings. The number of ether oxygens (including phenoxy) is 1. The van der Waals surface area contributed by atoms with E-state index in [-0.39, 0.29) is 24.0 Å². The number of nitro benzene ring substituents is 1. The lowest BCUT2D eigenvalue weighted by molar-refractivity contribution is -0.384. The molecule has 7 nitrogen and oxygen atoms in total. The Balaban J connectivity index is 1.67. The number of benzene rings is 2. The fraction of sp³-hybridized carbons (Fsp3) is 0.217.